The van der Waals surface area contributed by atoms with Gasteiger partial charge in [0.1, 0.15) is 12.2 Å². The van der Waals surface area contributed by atoms with E-state index in [2.05, 4.69) is 52.8 Å². The molecule has 2 aromatic rings. The summed E-state index contributed by atoms with van der Waals surface area (Å²) in [6.07, 6.45) is 7.69. The van der Waals surface area contributed by atoms with E-state index in [0.717, 1.165) is 12.2 Å². The Bertz CT molecular complexity index is 569. The summed E-state index contributed by atoms with van der Waals surface area (Å²) in [6.45, 7) is 0. The number of hydrogen-bond donors (Lipinski definition) is 1. The summed E-state index contributed by atoms with van der Waals surface area (Å²) in [4.78, 5) is 4.41. The predicted molar refractivity (Wildman–Crippen MR) is 84.1 cm³/mol. The van der Waals surface area contributed by atoms with Crippen molar-refractivity contribution < 1.29 is 0 Å². The lowest BCUT2D eigenvalue weighted by Crippen LogP contribution is -2.47. The quantitative estimate of drug-likeness (QED) is 0.917. The van der Waals surface area contributed by atoms with E-state index in [1.54, 1.807) is 6.33 Å². The molecule has 1 heterocycles. The average molecular weight is 284 g/mol. The van der Waals surface area contributed by atoms with Crippen LogP contribution in [0, 0.1) is 0 Å². The third kappa shape index (κ3) is 2.60. The van der Waals surface area contributed by atoms with Crippen molar-refractivity contribution in [3.63, 3.8) is 0 Å². The highest BCUT2D eigenvalue weighted by Gasteiger charge is 2.42. The Hall–Kier alpha value is -1.68. The van der Waals surface area contributed by atoms with Crippen LogP contribution in [0.15, 0.2) is 36.7 Å². The molecule has 1 atom stereocenters. The van der Waals surface area contributed by atoms with E-state index in [-0.39, 0.29) is 5.41 Å². The van der Waals surface area contributed by atoms with Crippen molar-refractivity contribution in [1.82, 2.24) is 20.1 Å². The van der Waals surface area contributed by atoms with E-state index in [1.807, 2.05) is 11.7 Å². The van der Waals surface area contributed by atoms with E-state index in [9.17, 15) is 0 Å². The zero-order valence-corrected chi connectivity index (χ0v) is 12.9. The summed E-state index contributed by atoms with van der Waals surface area (Å²) >= 11 is 0. The molecule has 1 aromatic carbocycles. The van der Waals surface area contributed by atoms with Gasteiger partial charge in [0.25, 0.3) is 0 Å². The number of hydrogen-bond acceptors (Lipinski definition) is 3. The molecule has 0 amide bonds. The van der Waals surface area contributed by atoms with Crippen LogP contribution in [0.25, 0.3) is 0 Å². The molecule has 0 spiro atoms. The lowest BCUT2D eigenvalue weighted by molar-refractivity contribution is 0.301. The van der Waals surface area contributed by atoms with Crippen LogP contribution in [0.3, 0.4) is 0 Å². The third-order valence-electron chi connectivity index (χ3n) is 5.05. The number of rotatable bonds is 5. The monoisotopic (exact) mass is 284 g/mol. The first-order chi connectivity index (χ1) is 10.3. The molecule has 1 fully saturated rings. The Morgan fingerprint density at radius 1 is 1.24 bits per heavy atom. The normalized spacial score (nSPS) is 18.8. The molecular formula is C17H24N4. The van der Waals surface area contributed by atoms with Gasteiger partial charge in [-0.15, -0.1) is 0 Å². The minimum absolute atomic E-state index is 0.224. The second kappa shape index (κ2) is 5.98. The van der Waals surface area contributed by atoms with Crippen molar-refractivity contribution in [1.29, 1.82) is 0 Å². The van der Waals surface area contributed by atoms with E-state index in [1.165, 1.54) is 31.2 Å². The van der Waals surface area contributed by atoms with E-state index in [0.29, 0.717) is 6.04 Å². The standard InChI is InChI=1S/C17H24N4/c1-18-15(12-16-19-13-20-21(16)2)17(10-6-7-11-17)14-8-4-3-5-9-14/h3-5,8-9,13,15,18H,6-7,10-12H2,1-2H3. The Kier molecular flexibility index (Phi) is 4.06. The summed E-state index contributed by atoms with van der Waals surface area (Å²) < 4.78 is 1.89. The van der Waals surface area contributed by atoms with Gasteiger partial charge >= 0.3 is 0 Å². The first-order valence-corrected chi connectivity index (χ1v) is 7.82. The lowest BCUT2D eigenvalue weighted by atomic mass is 9.71. The van der Waals surface area contributed by atoms with Gasteiger partial charge in [-0.3, -0.25) is 4.68 Å². The van der Waals surface area contributed by atoms with Crippen LogP contribution in [0.2, 0.25) is 0 Å². The van der Waals surface area contributed by atoms with Gasteiger partial charge in [0, 0.05) is 24.9 Å². The molecule has 1 aromatic heterocycles. The van der Waals surface area contributed by atoms with Crippen LogP contribution >= 0.6 is 0 Å². The van der Waals surface area contributed by atoms with Crippen LogP contribution in [0.5, 0.6) is 0 Å². The lowest BCUT2D eigenvalue weighted by Gasteiger charge is -2.38. The fraction of sp³-hybridized carbons (Fsp3) is 0.529. The van der Waals surface area contributed by atoms with Crippen LogP contribution in [-0.2, 0) is 18.9 Å². The van der Waals surface area contributed by atoms with E-state index < -0.39 is 0 Å². The Morgan fingerprint density at radius 2 is 1.95 bits per heavy atom. The summed E-state index contributed by atoms with van der Waals surface area (Å²) in [5.74, 6) is 1.05. The molecular weight excluding hydrogens is 260 g/mol. The zero-order valence-electron chi connectivity index (χ0n) is 12.9. The molecule has 0 saturated heterocycles. The maximum atomic E-state index is 4.41. The smallest absolute Gasteiger partial charge is 0.138 e. The van der Waals surface area contributed by atoms with E-state index in [4.69, 9.17) is 0 Å². The van der Waals surface area contributed by atoms with Gasteiger partial charge in [-0.2, -0.15) is 5.10 Å². The van der Waals surface area contributed by atoms with Crippen LogP contribution in [0.4, 0.5) is 0 Å². The number of aromatic nitrogens is 3. The number of benzene rings is 1. The summed E-state index contributed by atoms with van der Waals surface area (Å²) in [6, 6.07) is 11.4. The fourth-order valence-electron chi connectivity index (χ4n) is 3.88. The second-order valence-corrected chi connectivity index (χ2v) is 6.07. The molecule has 21 heavy (non-hydrogen) atoms. The molecule has 1 aliphatic carbocycles. The highest BCUT2D eigenvalue weighted by atomic mass is 15.3. The minimum atomic E-state index is 0.224. The number of nitrogens with zero attached hydrogens (tertiary/aromatic N) is 3. The fourth-order valence-corrected chi connectivity index (χ4v) is 3.88. The molecule has 1 saturated carbocycles. The van der Waals surface area contributed by atoms with Gasteiger partial charge in [0.2, 0.25) is 0 Å². The molecule has 4 heteroatoms. The molecule has 3 rings (SSSR count). The maximum Gasteiger partial charge on any atom is 0.138 e. The van der Waals surface area contributed by atoms with Crippen molar-refractivity contribution in [2.45, 2.75) is 43.6 Å². The first-order valence-electron chi connectivity index (χ1n) is 7.82. The zero-order chi connectivity index (χ0) is 14.7. The van der Waals surface area contributed by atoms with Crippen molar-refractivity contribution in [2.75, 3.05) is 7.05 Å². The number of aryl methyl sites for hydroxylation is 1. The Balaban J connectivity index is 1.93. The van der Waals surface area contributed by atoms with Crippen LogP contribution < -0.4 is 5.32 Å². The van der Waals surface area contributed by atoms with Crippen molar-refractivity contribution in [2.24, 2.45) is 7.05 Å². The third-order valence-corrected chi connectivity index (χ3v) is 5.05. The molecule has 4 nitrogen and oxygen atoms in total. The summed E-state index contributed by atoms with van der Waals surface area (Å²) in [7, 11) is 4.04. The largest absolute Gasteiger partial charge is 0.316 e. The molecule has 0 radical (unpaired) electrons. The van der Waals surface area contributed by atoms with Crippen molar-refractivity contribution in [3.8, 4) is 0 Å². The summed E-state index contributed by atoms with van der Waals surface area (Å²) in [5.41, 5.74) is 1.69. The first kappa shape index (κ1) is 14.3. The van der Waals surface area contributed by atoms with Gasteiger partial charge in [0.05, 0.1) is 0 Å². The maximum absolute atomic E-state index is 4.41. The molecule has 1 aliphatic rings. The minimum Gasteiger partial charge on any atom is -0.316 e. The van der Waals surface area contributed by atoms with Gasteiger partial charge < -0.3 is 5.32 Å². The number of likely N-dealkylation sites (N-methyl/N-ethyl adjacent to an activating group) is 1. The molecule has 1 unspecified atom stereocenters. The number of nitrogens with one attached hydrogen (secondary N) is 1. The SMILES string of the molecule is CNC(Cc1ncnn1C)C1(c2ccccc2)CCCC1. The predicted octanol–water partition coefficient (Wildman–Crippen LogP) is 2.46. The summed E-state index contributed by atoms with van der Waals surface area (Å²) in [5, 5.41) is 7.77. The van der Waals surface area contributed by atoms with Crippen molar-refractivity contribution >= 4 is 0 Å². The second-order valence-electron chi connectivity index (χ2n) is 6.07. The van der Waals surface area contributed by atoms with Crippen molar-refractivity contribution in [3.05, 3.63) is 48.0 Å². The molecule has 1 N–H and O–H groups in total. The van der Waals surface area contributed by atoms with Gasteiger partial charge in [-0.1, -0.05) is 43.2 Å². The van der Waals surface area contributed by atoms with Gasteiger partial charge in [0.15, 0.2) is 0 Å². The van der Waals surface area contributed by atoms with Crippen LogP contribution in [0.1, 0.15) is 37.1 Å². The van der Waals surface area contributed by atoms with Crippen LogP contribution in [-0.4, -0.2) is 27.9 Å². The molecule has 0 bridgehead atoms. The van der Waals surface area contributed by atoms with Gasteiger partial charge in [-0.05, 0) is 25.5 Å². The molecule has 0 aliphatic heterocycles. The topological polar surface area (TPSA) is 42.7 Å². The Morgan fingerprint density at radius 3 is 2.52 bits per heavy atom. The highest BCUT2D eigenvalue weighted by molar-refractivity contribution is 5.29. The average Bonchev–Trinajstić information content (AvgIpc) is 3.16. The van der Waals surface area contributed by atoms with Gasteiger partial charge in [-0.25, -0.2) is 4.98 Å². The van der Waals surface area contributed by atoms with E-state index >= 15 is 0 Å². The molecule has 112 valence electrons. The Labute approximate surface area is 126 Å². The highest BCUT2D eigenvalue weighted by Crippen LogP contribution is 2.44.